The molecule has 0 saturated carbocycles. The summed E-state index contributed by atoms with van der Waals surface area (Å²) in [5, 5.41) is 0. The number of anilines is 1. The average Bonchev–Trinajstić information content (AvgIpc) is 3.14. The SMILES string of the molecule is CC(=O)c1c2c(n(C)c1C)C(c1ccc(C(F)(F)F)cc1)N(c1ccccc1)C2=O. The molecule has 30 heavy (non-hydrogen) atoms. The maximum atomic E-state index is 13.5. The van der Waals surface area contributed by atoms with Crippen molar-refractivity contribution < 1.29 is 22.8 Å². The van der Waals surface area contributed by atoms with Gasteiger partial charge in [0.25, 0.3) is 5.91 Å². The van der Waals surface area contributed by atoms with Gasteiger partial charge in [0.1, 0.15) is 6.04 Å². The number of amides is 1. The Morgan fingerprint density at radius 2 is 1.60 bits per heavy atom. The largest absolute Gasteiger partial charge is 0.416 e. The first-order chi connectivity index (χ1) is 14.1. The number of aromatic nitrogens is 1. The third-order valence-corrected chi connectivity index (χ3v) is 5.62. The van der Waals surface area contributed by atoms with E-state index in [1.807, 2.05) is 6.07 Å². The van der Waals surface area contributed by atoms with E-state index in [-0.39, 0.29) is 11.7 Å². The van der Waals surface area contributed by atoms with Gasteiger partial charge in [-0.05, 0) is 43.7 Å². The summed E-state index contributed by atoms with van der Waals surface area (Å²) in [6.45, 7) is 3.17. The fourth-order valence-electron chi connectivity index (χ4n) is 4.17. The summed E-state index contributed by atoms with van der Waals surface area (Å²) in [4.78, 5) is 27.3. The molecule has 154 valence electrons. The molecule has 0 saturated heterocycles. The molecular weight excluding hydrogens is 393 g/mol. The lowest BCUT2D eigenvalue weighted by Gasteiger charge is -2.27. The molecule has 2 aromatic carbocycles. The molecule has 4 rings (SSSR count). The molecule has 1 unspecified atom stereocenters. The summed E-state index contributed by atoms with van der Waals surface area (Å²) in [5.74, 6) is -0.561. The van der Waals surface area contributed by atoms with E-state index in [1.54, 1.807) is 47.7 Å². The van der Waals surface area contributed by atoms with E-state index in [2.05, 4.69) is 0 Å². The molecule has 0 bridgehead atoms. The molecule has 1 aliphatic heterocycles. The van der Waals surface area contributed by atoms with E-state index in [0.717, 1.165) is 12.1 Å². The van der Waals surface area contributed by atoms with Gasteiger partial charge in [0.15, 0.2) is 5.78 Å². The van der Waals surface area contributed by atoms with Crippen LogP contribution in [0.4, 0.5) is 18.9 Å². The number of hydrogen-bond donors (Lipinski definition) is 0. The predicted molar refractivity (Wildman–Crippen MR) is 107 cm³/mol. The molecule has 0 aliphatic carbocycles. The molecule has 0 fully saturated rings. The van der Waals surface area contributed by atoms with Gasteiger partial charge in [-0.3, -0.25) is 14.5 Å². The topological polar surface area (TPSA) is 42.3 Å². The van der Waals surface area contributed by atoms with Crippen LogP contribution in [0.15, 0.2) is 54.6 Å². The first-order valence-electron chi connectivity index (χ1n) is 9.38. The second-order valence-electron chi connectivity index (χ2n) is 7.37. The summed E-state index contributed by atoms with van der Waals surface area (Å²) < 4.78 is 40.9. The lowest BCUT2D eigenvalue weighted by atomic mass is 10.00. The Morgan fingerprint density at radius 3 is 2.13 bits per heavy atom. The number of rotatable bonds is 3. The van der Waals surface area contributed by atoms with Crippen molar-refractivity contribution in [1.82, 2.24) is 4.57 Å². The zero-order valence-electron chi connectivity index (χ0n) is 16.6. The molecule has 1 atom stereocenters. The molecule has 2 heterocycles. The van der Waals surface area contributed by atoms with Crippen LogP contribution in [0.5, 0.6) is 0 Å². The molecule has 1 aromatic heterocycles. The van der Waals surface area contributed by atoms with Gasteiger partial charge >= 0.3 is 6.18 Å². The number of para-hydroxylation sites is 1. The van der Waals surface area contributed by atoms with Crippen LogP contribution in [0.25, 0.3) is 0 Å². The van der Waals surface area contributed by atoms with E-state index < -0.39 is 17.8 Å². The Hall–Kier alpha value is -3.35. The number of nitrogens with zero attached hydrogens (tertiary/aromatic N) is 2. The zero-order valence-corrected chi connectivity index (χ0v) is 16.6. The molecule has 3 aromatic rings. The molecule has 0 radical (unpaired) electrons. The van der Waals surface area contributed by atoms with Crippen LogP contribution in [0, 0.1) is 6.92 Å². The lowest BCUT2D eigenvalue weighted by molar-refractivity contribution is -0.137. The standard InChI is InChI=1S/C23H19F3N2O2/c1-13-18(14(2)29)19-21(27(13)3)20(15-9-11-16(12-10-15)23(24,25)26)28(22(19)30)17-7-5-4-6-8-17/h4-12,20H,1-3H3. The van der Waals surface area contributed by atoms with Gasteiger partial charge < -0.3 is 4.57 Å². The Labute approximate surface area is 171 Å². The van der Waals surface area contributed by atoms with Crippen LogP contribution in [0.1, 0.15) is 56.2 Å². The summed E-state index contributed by atoms with van der Waals surface area (Å²) in [7, 11) is 1.76. The first kappa shape index (κ1) is 19.9. The Bertz CT molecular complexity index is 1150. The number of hydrogen-bond acceptors (Lipinski definition) is 2. The van der Waals surface area contributed by atoms with Crippen LogP contribution in [0.2, 0.25) is 0 Å². The summed E-state index contributed by atoms with van der Waals surface area (Å²) in [6.07, 6.45) is -4.45. The Morgan fingerprint density at radius 1 is 1.00 bits per heavy atom. The van der Waals surface area contributed by atoms with E-state index in [9.17, 15) is 22.8 Å². The molecule has 0 spiro atoms. The van der Waals surface area contributed by atoms with E-state index in [1.165, 1.54) is 19.1 Å². The zero-order chi connectivity index (χ0) is 21.8. The van der Waals surface area contributed by atoms with Crippen LogP contribution in [-0.4, -0.2) is 16.3 Å². The average molecular weight is 412 g/mol. The van der Waals surface area contributed by atoms with Crippen molar-refractivity contribution >= 4 is 17.4 Å². The highest BCUT2D eigenvalue weighted by atomic mass is 19.4. The predicted octanol–water partition coefficient (Wildman–Crippen LogP) is 5.30. The van der Waals surface area contributed by atoms with Crippen molar-refractivity contribution in [3.63, 3.8) is 0 Å². The van der Waals surface area contributed by atoms with Gasteiger partial charge in [0, 0.05) is 18.4 Å². The maximum Gasteiger partial charge on any atom is 0.416 e. The number of alkyl halides is 3. The molecule has 0 N–H and O–H groups in total. The number of fused-ring (bicyclic) bond motifs is 1. The van der Waals surface area contributed by atoms with Crippen LogP contribution >= 0.6 is 0 Å². The lowest BCUT2D eigenvalue weighted by Crippen LogP contribution is -2.30. The summed E-state index contributed by atoms with van der Waals surface area (Å²) in [6, 6.07) is 13.1. The second-order valence-corrected chi connectivity index (χ2v) is 7.37. The third-order valence-electron chi connectivity index (χ3n) is 5.62. The normalized spacial score (nSPS) is 16.1. The number of carbonyl (C=O) groups excluding carboxylic acids is 2. The second kappa shape index (κ2) is 6.86. The van der Waals surface area contributed by atoms with Crippen molar-refractivity contribution in [2.75, 3.05) is 4.90 Å². The minimum atomic E-state index is -4.45. The maximum absolute atomic E-state index is 13.5. The number of benzene rings is 2. The fourth-order valence-corrected chi connectivity index (χ4v) is 4.17. The summed E-state index contributed by atoms with van der Waals surface area (Å²) in [5.41, 5.74) is 2.32. The van der Waals surface area contributed by atoms with E-state index >= 15 is 0 Å². The highest BCUT2D eigenvalue weighted by Crippen LogP contribution is 2.45. The number of carbonyl (C=O) groups is 2. The summed E-state index contributed by atoms with van der Waals surface area (Å²) >= 11 is 0. The minimum absolute atomic E-state index is 0.223. The van der Waals surface area contributed by atoms with Crippen molar-refractivity contribution in [1.29, 1.82) is 0 Å². The van der Waals surface area contributed by atoms with Crippen molar-refractivity contribution in [3.05, 3.63) is 88.2 Å². The smallest absolute Gasteiger partial charge is 0.348 e. The van der Waals surface area contributed by atoms with Crippen molar-refractivity contribution in [2.24, 2.45) is 7.05 Å². The van der Waals surface area contributed by atoms with E-state index in [4.69, 9.17) is 0 Å². The first-order valence-corrected chi connectivity index (χ1v) is 9.38. The van der Waals surface area contributed by atoms with Crippen LogP contribution < -0.4 is 4.90 Å². The monoisotopic (exact) mass is 412 g/mol. The Kier molecular flexibility index (Phi) is 4.56. The van der Waals surface area contributed by atoms with Crippen LogP contribution in [0.3, 0.4) is 0 Å². The van der Waals surface area contributed by atoms with Gasteiger partial charge in [-0.25, -0.2) is 0 Å². The van der Waals surface area contributed by atoms with Gasteiger partial charge in [-0.2, -0.15) is 13.2 Å². The number of halogens is 3. The highest BCUT2D eigenvalue weighted by molar-refractivity contribution is 6.18. The van der Waals surface area contributed by atoms with E-state index in [0.29, 0.717) is 33.8 Å². The highest BCUT2D eigenvalue weighted by Gasteiger charge is 2.45. The number of ketones is 1. The third kappa shape index (κ3) is 2.93. The Balaban J connectivity index is 1.95. The molecular formula is C23H19F3N2O2. The van der Waals surface area contributed by atoms with Crippen molar-refractivity contribution in [2.45, 2.75) is 26.1 Å². The van der Waals surface area contributed by atoms with Crippen LogP contribution in [-0.2, 0) is 13.2 Å². The molecule has 1 aliphatic rings. The van der Waals surface area contributed by atoms with Gasteiger partial charge in [0.05, 0.1) is 22.4 Å². The number of Topliss-reactive ketones (excluding diaryl/α,β-unsaturated/α-hetero) is 1. The molecule has 1 amide bonds. The van der Waals surface area contributed by atoms with Gasteiger partial charge in [-0.1, -0.05) is 30.3 Å². The van der Waals surface area contributed by atoms with Gasteiger partial charge in [-0.15, -0.1) is 0 Å². The van der Waals surface area contributed by atoms with Gasteiger partial charge in [0.2, 0.25) is 0 Å². The molecule has 7 heteroatoms. The quantitative estimate of drug-likeness (QED) is 0.548. The van der Waals surface area contributed by atoms with Crippen molar-refractivity contribution in [3.8, 4) is 0 Å². The fraction of sp³-hybridized carbons (Fsp3) is 0.217. The minimum Gasteiger partial charge on any atom is -0.348 e. The molecule has 4 nitrogen and oxygen atoms in total.